The SMILES string of the molecule is COCCn1ncc(NC(C)CC(N)=O)c(Cl)c1=O. The molecule has 1 rings (SSSR count). The van der Waals surface area contributed by atoms with Crippen molar-refractivity contribution < 1.29 is 9.53 Å². The molecule has 1 atom stereocenters. The highest BCUT2D eigenvalue weighted by Crippen LogP contribution is 2.16. The first-order valence-corrected chi connectivity index (χ1v) is 6.13. The number of carbonyl (C=O) groups is 1. The van der Waals surface area contributed by atoms with Gasteiger partial charge in [-0.25, -0.2) is 4.68 Å². The van der Waals surface area contributed by atoms with Crippen LogP contribution in [0.4, 0.5) is 5.69 Å². The molecule has 1 heterocycles. The Morgan fingerprint density at radius 1 is 1.68 bits per heavy atom. The average Bonchev–Trinajstić information content (AvgIpc) is 2.33. The highest BCUT2D eigenvalue weighted by atomic mass is 35.5. The third kappa shape index (κ3) is 4.53. The van der Waals surface area contributed by atoms with E-state index in [2.05, 4.69) is 10.4 Å². The molecule has 0 saturated carbocycles. The van der Waals surface area contributed by atoms with Crippen molar-refractivity contribution in [3.63, 3.8) is 0 Å². The number of anilines is 1. The Morgan fingerprint density at radius 2 is 2.37 bits per heavy atom. The molecule has 0 fully saturated rings. The first-order chi connectivity index (χ1) is 8.95. The zero-order chi connectivity index (χ0) is 14.4. The van der Waals surface area contributed by atoms with Crippen LogP contribution < -0.4 is 16.6 Å². The normalized spacial score (nSPS) is 12.2. The van der Waals surface area contributed by atoms with E-state index in [1.165, 1.54) is 18.0 Å². The summed E-state index contributed by atoms with van der Waals surface area (Å²) in [6.07, 6.45) is 1.58. The van der Waals surface area contributed by atoms with Gasteiger partial charge in [-0.2, -0.15) is 5.10 Å². The van der Waals surface area contributed by atoms with Gasteiger partial charge in [-0.3, -0.25) is 9.59 Å². The molecule has 0 saturated heterocycles. The van der Waals surface area contributed by atoms with E-state index in [4.69, 9.17) is 22.1 Å². The lowest BCUT2D eigenvalue weighted by molar-refractivity contribution is -0.118. The quantitative estimate of drug-likeness (QED) is 0.748. The summed E-state index contributed by atoms with van der Waals surface area (Å²) >= 11 is 5.97. The van der Waals surface area contributed by atoms with Crippen LogP contribution in [0.3, 0.4) is 0 Å². The first-order valence-electron chi connectivity index (χ1n) is 5.75. The summed E-state index contributed by atoms with van der Waals surface area (Å²) in [6.45, 7) is 2.46. The summed E-state index contributed by atoms with van der Waals surface area (Å²) in [4.78, 5) is 22.7. The van der Waals surface area contributed by atoms with Crippen LogP contribution in [-0.2, 0) is 16.1 Å². The maximum absolute atomic E-state index is 11.9. The smallest absolute Gasteiger partial charge is 0.287 e. The largest absolute Gasteiger partial charge is 0.383 e. The number of methoxy groups -OCH3 is 1. The molecule has 0 bridgehead atoms. The van der Waals surface area contributed by atoms with Gasteiger partial charge in [-0.1, -0.05) is 11.6 Å². The molecule has 1 aromatic heterocycles. The molecule has 0 aliphatic heterocycles. The Balaban J connectivity index is 2.84. The minimum Gasteiger partial charge on any atom is -0.383 e. The van der Waals surface area contributed by atoms with E-state index in [1.54, 1.807) is 6.92 Å². The maximum Gasteiger partial charge on any atom is 0.287 e. The van der Waals surface area contributed by atoms with E-state index in [-0.39, 0.29) is 17.5 Å². The van der Waals surface area contributed by atoms with E-state index in [9.17, 15) is 9.59 Å². The zero-order valence-corrected chi connectivity index (χ0v) is 11.6. The van der Waals surface area contributed by atoms with Crippen molar-refractivity contribution in [1.82, 2.24) is 9.78 Å². The minimum absolute atomic E-state index is 0.0300. The number of nitrogens with zero attached hydrogens (tertiary/aromatic N) is 2. The molecule has 0 spiro atoms. The number of aromatic nitrogens is 2. The number of rotatable bonds is 7. The number of ether oxygens (including phenoxy) is 1. The predicted molar refractivity (Wildman–Crippen MR) is 72.3 cm³/mol. The molecule has 8 heteroatoms. The van der Waals surface area contributed by atoms with Crippen molar-refractivity contribution in [1.29, 1.82) is 0 Å². The van der Waals surface area contributed by atoms with Crippen molar-refractivity contribution in [3.8, 4) is 0 Å². The van der Waals surface area contributed by atoms with E-state index in [1.807, 2.05) is 0 Å². The summed E-state index contributed by atoms with van der Waals surface area (Å²) in [5.41, 5.74) is 5.06. The number of carbonyl (C=O) groups excluding carboxylic acids is 1. The Kier molecular flexibility index (Phi) is 5.78. The molecule has 106 valence electrons. The lowest BCUT2D eigenvalue weighted by Crippen LogP contribution is -2.28. The summed E-state index contributed by atoms with van der Waals surface area (Å²) in [7, 11) is 1.54. The van der Waals surface area contributed by atoms with Crippen molar-refractivity contribution in [2.24, 2.45) is 5.73 Å². The van der Waals surface area contributed by atoms with Crippen LogP contribution in [0.2, 0.25) is 5.02 Å². The minimum atomic E-state index is -0.433. The molecule has 19 heavy (non-hydrogen) atoms. The fourth-order valence-electron chi connectivity index (χ4n) is 1.52. The van der Waals surface area contributed by atoms with Gasteiger partial charge in [-0.15, -0.1) is 0 Å². The average molecular weight is 289 g/mol. The molecule has 0 aromatic carbocycles. The number of hydrogen-bond acceptors (Lipinski definition) is 5. The number of nitrogens with one attached hydrogen (secondary N) is 1. The second-order valence-corrected chi connectivity index (χ2v) is 4.49. The van der Waals surface area contributed by atoms with Crippen molar-refractivity contribution >= 4 is 23.2 Å². The standard InChI is InChI=1S/C11H17ClN4O3/c1-7(5-9(13)17)15-8-6-14-16(3-4-19-2)11(18)10(8)12/h6-7,15H,3-5H2,1-2H3,(H2,13,17). The Hall–Kier alpha value is -1.60. The number of nitrogens with two attached hydrogens (primary N) is 1. The highest BCUT2D eigenvalue weighted by molar-refractivity contribution is 6.32. The Morgan fingerprint density at radius 3 is 2.95 bits per heavy atom. The molecule has 0 aliphatic rings. The number of primary amides is 1. The van der Waals surface area contributed by atoms with Crippen LogP contribution in [0.15, 0.2) is 11.0 Å². The zero-order valence-electron chi connectivity index (χ0n) is 10.9. The van der Waals surface area contributed by atoms with E-state index < -0.39 is 11.5 Å². The molecule has 0 radical (unpaired) electrons. The fraction of sp³-hybridized carbons (Fsp3) is 0.545. The third-order valence-electron chi connectivity index (χ3n) is 2.40. The van der Waals surface area contributed by atoms with Crippen molar-refractivity contribution in [2.75, 3.05) is 19.0 Å². The molecular weight excluding hydrogens is 272 g/mol. The van der Waals surface area contributed by atoms with Gasteiger partial charge in [0.15, 0.2) is 0 Å². The van der Waals surface area contributed by atoms with Gasteiger partial charge in [0.1, 0.15) is 5.02 Å². The molecule has 1 amide bonds. The number of halogens is 1. The van der Waals surface area contributed by atoms with Gasteiger partial charge in [0.2, 0.25) is 5.91 Å². The number of hydrogen-bond donors (Lipinski definition) is 2. The van der Waals surface area contributed by atoms with Gasteiger partial charge in [-0.05, 0) is 6.92 Å². The summed E-state index contributed by atoms with van der Waals surface area (Å²) in [6, 6.07) is -0.231. The fourth-order valence-corrected chi connectivity index (χ4v) is 1.72. The second kappa shape index (κ2) is 7.10. The molecule has 7 nitrogen and oxygen atoms in total. The van der Waals surface area contributed by atoms with Crippen LogP contribution >= 0.6 is 11.6 Å². The van der Waals surface area contributed by atoms with E-state index >= 15 is 0 Å². The topological polar surface area (TPSA) is 99.2 Å². The molecule has 0 aliphatic carbocycles. The highest BCUT2D eigenvalue weighted by Gasteiger charge is 2.12. The van der Waals surface area contributed by atoms with Gasteiger partial charge in [0.25, 0.3) is 5.56 Å². The summed E-state index contributed by atoms with van der Waals surface area (Å²) < 4.78 is 6.09. The van der Waals surface area contributed by atoms with Gasteiger partial charge in [0, 0.05) is 19.6 Å². The van der Waals surface area contributed by atoms with Crippen molar-refractivity contribution in [3.05, 3.63) is 21.6 Å². The monoisotopic (exact) mass is 288 g/mol. The van der Waals surface area contributed by atoms with Crippen LogP contribution in [-0.4, -0.2) is 35.4 Å². The third-order valence-corrected chi connectivity index (χ3v) is 2.77. The van der Waals surface area contributed by atoms with Crippen LogP contribution in [0.25, 0.3) is 0 Å². The second-order valence-electron chi connectivity index (χ2n) is 4.11. The number of amides is 1. The Labute approximate surface area is 115 Å². The van der Waals surface area contributed by atoms with E-state index in [0.29, 0.717) is 18.8 Å². The van der Waals surface area contributed by atoms with Gasteiger partial charge < -0.3 is 15.8 Å². The Bertz CT molecular complexity index is 503. The van der Waals surface area contributed by atoms with Crippen LogP contribution in [0.1, 0.15) is 13.3 Å². The summed E-state index contributed by atoms with van der Waals surface area (Å²) in [5, 5.41) is 6.93. The van der Waals surface area contributed by atoms with Gasteiger partial charge in [0.05, 0.1) is 25.0 Å². The lowest BCUT2D eigenvalue weighted by Gasteiger charge is -2.15. The molecule has 1 unspecified atom stereocenters. The molecular formula is C11H17ClN4O3. The molecule has 1 aromatic rings. The van der Waals surface area contributed by atoms with Crippen LogP contribution in [0.5, 0.6) is 0 Å². The van der Waals surface area contributed by atoms with Crippen LogP contribution in [0, 0.1) is 0 Å². The predicted octanol–water partition coefficient (Wildman–Crippen LogP) is 0.219. The maximum atomic E-state index is 11.9. The van der Waals surface area contributed by atoms with Gasteiger partial charge >= 0.3 is 0 Å². The van der Waals surface area contributed by atoms with E-state index in [0.717, 1.165) is 0 Å². The summed E-state index contributed by atoms with van der Waals surface area (Å²) in [5.74, 6) is -0.433. The molecule has 3 N–H and O–H groups in total. The first kappa shape index (κ1) is 15.5. The van der Waals surface area contributed by atoms with Crippen molar-refractivity contribution in [2.45, 2.75) is 25.9 Å². The lowest BCUT2D eigenvalue weighted by atomic mass is 10.2.